The third-order valence-electron chi connectivity index (χ3n) is 3.15. The fourth-order valence-corrected chi connectivity index (χ4v) is 5.16. The highest BCUT2D eigenvalue weighted by Crippen LogP contribution is 2.32. The predicted octanol–water partition coefficient (Wildman–Crippen LogP) is 3.13. The summed E-state index contributed by atoms with van der Waals surface area (Å²) in [5.41, 5.74) is 0. The summed E-state index contributed by atoms with van der Waals surface area (Å²) in [5.74, 6) is 0. The first-order valence-corrected chi connectivity index (χ1v) is 9.30. The zero-order valence-corrected chi connectivity index (χ0v) is 14.6. The second-order valence-electron chi connectivity index (χ2n) is 4.65. The van der Waals surface area contributed by atoms with Gasteiger partial charge in [0.2, 0.25) is 10.0 Å². The van der Waals surface area contributed by atoms with E-state index in [0.29, 0.717) is 17.6 Å². The van der Waals surface area contributed by atoms with Crippen LogP contribution in [0.4, 0.5) is 0 Å². The van der Waals surface area contributed by atoms with Crippen molar-refractivity contribution in [2.24, 2.45) is 0 Å². The molecule has 0 saturated carbocycles. The van der Waals surface area contributed by atoms with Gasteiger partial charge in [-0.05, 0) is 38.1 Å². The van der Waals surface area contributed by atoms with Gasteiger partial charge in [-0.25, -0.2) is 13.1 Å². The molecule has 0 radical (unpaired) electrons. The Kier molecular flexibility index (Phi) is 5.73. The van der Waals surface area contributed by atoms with Crippen LogP contribution in [0.25, 0.3) is 0 Å². The first-order valence-electron chi connectivity index (χ1n) is 6.27. The maximum absolute atomic E-state index is 12.2. The average molecular weight is 402 g/mol. The third kappa shape index (κ3) is 4.08. The largest absolute Gasteiger partial charge is 0.302 e. The van der Waals surface area contributed by atoms with E-state index in [1.165, 1.54) is 25.0 Å². The Hall–Kier alpha value is 0.150. The molecule has 1 aromatic rings. The van der Waals surface area contributed by atoms with Crippen molar-refractivity contribution < 1.29 is 8.42 Å². The standard InChI is InChI=1S/C12H15BrCl2N2O2S/c13-9-7-10(14)12(11(15)8-9)20(18,19)16-3-6-17-4-1-2-5-17/h7-8,16H,1-6H2. The molecule has 1 aliphatic rings. The number of hydrogen-bond acceptors (Lipinski definition) is 3. The van der Waals surface area contributed by atoms with Crippen molar-refractivity contribution in [1.82, 2.24) is 9.62 Å². The van der Waals surface area contributed by atoms with E-state index in [4.69, 9.17) is 23.2 Å². The van der Waals surface area contributed by atoms with Crippen LogP contribution in [-0.2, 0) is 10.0 Å². The second-order valence-corrected chi connectivity index (χ2v) is 8.08. The van der Waals surface area contributed by atoms with Gasteiger partial charge >= 0.3 is 0 Å². The van der Waals surface area contributed by atoms with Crippen LogP contribution in [0.2, 0.25) is 10.0 Å². The van der Waals surface area contributed by atoms with E-state index < -0.39 is 10.0 Å². The maximum atomic E-state index is 12.2. The normalized spacial score (nSPS) is 16.8. The molecule has 1 aromatic carbocycles. The molecular formula is C12H15BrCl2N2O2S. The lowest BCUT2D eigenvalue weighted by molar-refractivity contribution is 0.344. The first-order chi connectivity index (χ1) is 9.40. The Balaban J connectivity index is 2.06. The van der Waals surface area contributed by atoms with Crippen molar-refractivity contribution >= 4 is 49.2 Å². The molecule has 0 unspecified atom stereocenters. The molecule has 1 saturated heterocycles. The Morgan fingerprint density at radius 1 is 1.20 bits per heavy atom. The quantitative estimate of drug-likeness (QED) is 0.824. The van der Waals surface area contributed by atoms with E-state index >= 15 is 0 Å². The highest BCUT2D eigenvalue weighted by Gasteiger charge is 2.22. The molecule has 0 aromatic heterocycles. The van der Waals surface area contributed by atoms with E-state index in [-0.39, 0.29) is 14.9 Å². The van der Waals surface area contributed by atoms with E-state index in [1.807, 2.05) is 0 Å². The van der Waals surface area contributed by atoms with Crippen LogP contribution < -0.4 is 4.72 Å². The first kappa shape index (κ1) is 16.5. The van der Waals surface area contributed by atoms with Crippen molar-refractivity contribution in [2.45, 2.75) is 17.7 Å². The minimum atomic E-state index is -3.69. The van der Waals surface area contributed by atoms with E-state index in [1.54, 1.807) is 0 Å². The van der Waals surface area contributed by atoms with Crippen molar-refractivity contribution in [2.75, 3.05) is 26.2 Å². The van der Waals surface area contributed by atoms with Gasteiger partial charge in [-0.2, -0.15) is 0 Å². The number of benzene rings is 1. The van der Waals surface area contributed by atoms with Gasteiger partial charge in [-0.3, -0.25) is 0 Å². The summed E-state index contributed by atoms with van der Waals surface area (Å²) >= 11 is 15.2. The molecule has 0 amide bonds. The number of nitrogens with zero attached hydrogens (tertiary/aromatic N) is 1. The highest BCUT2D eigenvalue weighted by molar-refractivity contribution is 9.10. The summed E-state index contributed by atoms with van der Waals surface area (Å²) in [6.45, 7) is 3.11. The molecule has 20 heavy (non-hydrogen) atoms. The number of likely N-dealkylation sites (tertiary alicyclic amines) is 1. The van der Waals surface area contributed by atoms with E-state index in [9.17, 15) is 8.42 Å². The van der Waals surface area contributed by atoms with Gasteiger partial charge in [0.05, 0.1) is 10.0 Å². The Morgan fingerprint density at radius 3 is 2.30 bits per heavy atom. The molecule has 0 spiro atoms. The summed E-state index contributed by atoms with van der Waals surface area (Å²) < 4.78 is 27.7. The lowest BCUT2D eigenvalue weighted by Gasteiger charge is -2.15. The minimum absolute atomic E-state index is 0.0644. The van der Waals surface area contributed by atoms with Gasteiger partial charge in [-0.15, -0.1) is 0 Å². The van der Waals surface area contributed by atoms with Gasteiger partial charge in [0.25, 0.3) is 0 Å². The van der Waals surface area contributed by atoms with Crippen molar-refractivity contribution in [3.63, 3.8) is 0 Å². The number of hydrogen-bond donors (Lipinski definition) is 1. The second kappa shape index (κ2) is 6.94. The van der Waals surface area contributed by atoms with Gasteiger partial charge in [0.15, 0.2) is 0 Å². The molecule has 1 fully saturated rings. The minimum Gasteiger partial charge on any atom is -0.302 e. The zero-order chi connectivity index (χ0) is 14.8. The Bertz CT molecular complexity index is 566. The number of rotatable bonds is 5. The molecule has 1 N–H and O–H groups in total. The van der Waals surface area contributed by atoms with Crippen molar-refractivity contribution in [1.29, 1.82) is 0 Å². The summed E-state index contributed by atoms with van der Waals surface area (Å²) in [4.78, 5) is 2.17. The molecule has 4 nitrogen and oxygen atoms in total. The molecule has 1 aliphatic heterocycles. The Labute approximate surface area is 137 Å². The van der Waals surface area contributed by atoms with Crippen LogP contribution in [0, 0.1) is 0 Å². The average Bonchev–Trinajstić information content (AvgIpc) is 2.79. The van der Waals surface area contributed by atoms with E-state index in [0.717, 1.165) is 13.1 Å². The summed E-state index contributed by atoms with van der Waals surface area (Å²) in [6, 6.07) is 3.03. The van der Waals surface area contributed by atoms with Gasteiger partial charge < -0.3 is 4.90 Å². The third-order valence-corrected chi connectivity index (χ3v) is 5.99. The van der Waals surface area contributed by atoms with Crippen LogP contribution in [0.15, 0.2) is 21.5 Å². The van der Waals surface area contributed by atoms with Gasteiger partial charge in [-0.1, -0.05) is 39.1 Å². The lowest BCUT2D eigenvalue weighted by Crippen LogP contribution is -2.33. The van der Waals surface area contributed by atoms with Crippen molar-refractivity contribution in [3.05, 3.63) is 26.7 Å². The SMILES string of the molecule is O=S(=O)(NCCN1CCCC1)c1c(Cl)cc(Br)cc1Cl. The fraction of sp³-hybridized carbons (Fsp3) is 0.500. The molecular weight excluding hydrogens is 387 g/mol. The van der Waals surface area contributed by atoms with Crippen molar-refractivity contribution in [3.8, 4) is 0 Å². The zero-order valence-electron chi connectivity index (χ0n) is 10.7. The van der Waals surface area contributed by atoms with Gasteiger partial charge in [0.1, 0.15) is 4.90 Å². The van der Waals surface area contributed by atoms with Crippen LogP contribution in [-0.4, -0.2) is 39.5 Å². The molecule has 0 atom stereocenters. The smallest absolute Gasteiger partial charge is 0.243 e. The summed E-state index contributed by atoms with van der Waals surface area (Å²) in [7, 11) is -3.69. The van der Waals surface area contributed by atoms with E-state index in [2.05, 4.69) is 25.6 Å². The monoisotopic (exact) mass is 400 g/mol. The summed E-state index contributed by atoms with van der Waals surface area (Å²) in [6.07, 6.45) is 2.36. The van der Waals surface area contributed by atoms with Crippen LogP contribution in [0.3, 0.4) is 0 Å². The number of sulfonamides is 1. The fourth-order valence-electron chi connectivity index (χ4n) is 2.20. The molecule has 112 valence electrons. The maximum Gasteiger partial charge on any atom is 0.243 e. The number of nitrogens with one attached hydrogen (secondary N) is 1. The molecule has 0 aliphatic carbocycles. The van der Waals surface area contributed by atoms with Crippen LogP contribution >= 0.6 is 39.1 Å². The molecule has 8 heteroatoms. The van der Waals surface area contributed by atoms with Crippen LogP contribution in [0.1, 0.15) is 12.8 Å². The van der Waals surface area contributed by atoms with Gasteiger partial charge in [0, 0.05) is 17.6 Å². The van der Waals surface area contributed by atoms with Crippen LogP contribution in [0.5, 0.6) is 0 Å². The summed E-state index contributed by atoms with van der Waals surface area (Å²) in [5, 5.41) is 0.219. The topological polar surface area (TPSA) is 49.4 Å². The number of halogens is 3. The molecule has 2 rings (SSSR count). The Morgan fingerprint density at radius 2 is 1.75 bits per heavy atom. The predicted molar refractivity (Wildman–Crippen MR) is 85.0 cm³/mol. The highest BCUT2D eigenvalue weighted by atomic mass is 79.9. The lowest BCUT2D eigenvalue weighted by atomic mass is 10.4. The molecule has 0 bridgehead atoms. The molecule has 1 heterocycles.